The Balaban J connectivity index is 0.000000255. The van der Waals surface area contributed by atoms with Crippen LogP contribution in [0.2, 0.25) is 0 Å². The summed E-state index contributed by atoms with van der Waals surface area (Å²) in [6.07, 6.45) is 0. The lowest BCUT2D eigenvalue weighted by Gasteiger charge is -1.91. The first kappa shape index (κ1) is 13.1. The normalized spacial score (nSPS) is 9.14. The molecule has 0 amide bonds. The average Bonchev–Trinajstić information content (AvgIpc) is 2.15. The first-order valence-electron chi connectivity index (χ1n) is 4.72. The zero-order valence-electron chi connectivity index (χ0n) is 9.54. The second-order valence-corrected chi connectivity index (χ2v) is 3.14. The lowest BCUT2D eigenvalue weighted by atomic mass is 10.2. The van der Waals surface area contributed by atoms with Crippen molar-refractivity contribution in [1.82, 2.24) is 0 Å². The SMILES string of the molecule is COCCOC.Cc1cccc(C)c1. The van der Waals surface area contributed by atoms with Crippen LogP contribution in [0, 0.1) is 13.8 Å². The predicted octanol–water partition coefficient (Wildman–Crippen LogP) is 2.58. The maximum atomic E-state index is 4.66. The minimum absolute atomic E-state index is 0.691. The molecule has 0 unspecified atom stereocenters. The third-order valence-corrected chi connectivity index (χ3v) is 1.67. The molecular formula is C12H20O2. The average molecular weight is 196 g/mol. The monoisotopic (exact) mass is 196 g/mol. The molecule has 0 aliphatic carbocycles. The van der Waals surface area contributed by atoms with Crippen molar-refractivity contribution >= 4 is 0 Å². The molecule has 0 spiro atoms. The van der Waals surface area contributed by atoms with Gasteiger partial charge in [-0.25, -0.2) is 0 Å². The van der Waals surface area contributed by atoms with Crippen LogP contribution in [-0.4, -0.2) is 27.4 Å². The van der Waals surface area contributed by atoms with Gasteiger partial charge in [0.15, 0.2) is 0 Å². The van der Waals surface area contributed by atoms with Crippen molar-refractivity contribution in [1.29, 1.82) is 0 Å². The van der Waals surface area contributed by atoms with Crippen LogP contribution in [0.25, 0.3) is 0 Å². The molecule has 0 aliphatic heterocycles. The number of aryl methyl sites for hydroxylation is 2. The van der Waals surface area contributed by atoms with Crippen molar-refractivity contribution < 1.29 is 9.47 Å². The van der Waals surface area contributed by atoms with Gasteiger partial charge in [-0.2, -0.15) is 0 Å². The summed E-state index contributed by atoms with van der Waals surface area (Å²) in [5.41, 5.74) is 2.68. The van der Waals surface area contributed by atoms with Gasteiger partial charge in [0.25, 0.3) is 0 Å². The van der Waals surface area contributed by atoms with Gasteiger partial charge in [0.1, 0.15) is 0 Å². The van der Waals surface area contributed by atoms with E-state index in [1.807, 2.05) is 0 Å². The summed E-state index contributed by atoms with van der Waals surface area (Å²) in [6, 6.07) is 8.45. The number of rotatable bonds is 3. The number of benzene rings is 1. The summed E-state index contributed by atoms with van der Waals surface area (Å²) >= 11 is 0. The molecule has 0 radical (unpaired) electrons. The summed E-state index contributed by atoms with van der Waals surface area (Å²) in [4.78, 5) is 0. The molecule has 14 heavy (non-hydrogen) atoms. The Bertz CT molecular complexity index is 212. The Morgan fingerprint density at radius 2 is 1.36 bits per heavy atom. The Morgan fingerprint density at radius 3 is 1.57 bits per heavy atom. The van der Waals surface area contributed by atoms with Gasteiger partial charge >= 0.3 is 0 Å². The van der Waals surface area contributed by atoms with Crippen LogP contribution in [0.1, 0.15) is 11.1 Å². The zero-order valence-corrected chi connectivity index (χ0v) is 9.54. The Morgan fingerprint density at radius 1 is 0.929 bits per heavy atom. The molecule has 2 heteroatoms. The molecule has 0 bridgehead atoms. The molecule has 0 aliphatic rings. The second-order valence-electron chi connectivity index (χ2n) is 3.14. The highest BCUT2D eigenvalue weighted by atomic mass is 16.5. The topological polar surface area (TPSA) is 18.5 Å². The molecule has 0 saturated heterocycles. The maximum absolute atomic E-state index is 4.66. The van der Waals surface area contributed by atoms with Gasteiger partial charge in [0.05, 0.1) is 13.2 Å². The third-order valence-electron chi connectivity index (χ3n) is 1.67. The van der Waals surface area contributed by atoms with E-state index in [9.17, 15) is 0 Å². The van der Waals surface area contributed by atoms with E-state index in [4.69, 9.17) is 0 Å². The molecule has 0 heterocycles. The molecule has 1 aromatic rings. The number of ether oxygens (including phenoxy) is 2. The second kappa shape index (κ2) is 8.73. The third kappa shape index (κ3) is 7.77. The van der Waals surface area contributed by atoms with Crippen LogP contribution in [0.5, 0.6) is 0 Å². The molecule has 0 N–H and O–H groups in total. The Hall–Kier alpha value is -0.860. The van der Waals surface area contributed by atoms with Crippen molar-refractivity contribution in [3.05, 3.63) is 35.4 Å². The predicted molar refractivity (Wildman–Crippen MR) is 59.7 cm³/mol. The van der Waals surface area contributed by atoms with E-state index >= 15 is 0 Å². The zero-order chi connectivity index (χ0) is 10.8. The first-order valence-corrected chi connectivity index (χ1v) is 4.72. The first-order chi connectivity index (χ1) is 6.70. The van der Waals surface area contributed by atoms with Gasteiger partial charge in [0, 0.05) is 14.2 Å². The van der Waals surface area contributed by atoms with E-state index in [-0.39, 0.29) is 0 Å². The summed E-state index contributed by atoms with van der Waals surface area (Å²) < 4.78 is 9.31. The van der Waals surface area contributed by atoms with Gasteiger partial charge in [-0.3, -0.25) is 0 Å². The van der Waals surface area contributed by atoms with Crippen LogP contribution in [-0.2, 0) is 9.47 Å². The van der Waals surface area contributed by atoms with E-state index < -0.39 is 0 Å². The maximum Gasteiger partial charge on any atom is 0.0696 e. The minimum atomic E-state index is 0.691. The van der Waals surface area contributed by atoms with Crippen LogP contribution < -0.4 is 0 Å². The van der Waals surface area contributed by atoms with Crippen LogP contribution >= 0.6 is 0 Å². The molecule has 1 aromatic carbocycles. The molecule has 2 nitrogen and oxygen atoms in total. The molecule has 80 valence electrons. The van der Waals surface area contributed by atoms with Crippen molar-refractivity contribution in [2.45, 2.75) is 13.8 Å². The largest absolute Gasteiger partial charge is 0.382 e. The van der Waals surface area contributed by atoms with Gasteiger partial charge < -0.3 is 9.47 Å². The number of hydrogen-bond acceptors (Lipinski definition) is 2. The summed E-state index contributed by atoms with van der Waals surface area (Å²) in [6.45, 7) is 5.59. The van der Waals surface area contributed by atoms with Gasteiger partial charge in [0.2, 0.25) is 0 Å². The fourth-order valence-electron chi connectivity index (χ4n) is 0.974. The number of hydrogen-bond donors (Lipinski definition) is 0. The van der Waals surface area contributed by atoms with Crippen molar-refractivity contribution in [3.8, 4) is 0 Å². The Labute approximate surface area is 86.9 Å². The summed E-state index contributed by atoms with van der Waals surface area (Å²) in [7, 11) is 3.30. The van der Waals surface area contributed by atoms with Crippen LogP contribution in [0.15, 0.2) is 24.3 Å². The molecule has 0 saturated carbocycles. The highest BCUT2D eigenvalue weighted by Gasteiger charge is 1.80. The van der Waals surface area contributed by atoms with Gasteiger partial charge in [-0.15, -0.1) is 0 Å². The van der Waals surface area contributed by atoms with Crippen molar-refractivity contribution in [3.63, 3.8) is 0 Å². The smallest absolute Gasteiger partial charge is 0.0696 e. The fraction of sp³-hybridized carbons (Fsp3) is 0.500. The summed E-state index contributed by atoms with van der Waals surface area (Å²) in [5, 5.41) is 0. The Kier molecular flexibility index (Phi) is 8.19. The summed E-state index contributed by atoms with van der Waals surface area (Å²) in [5.74, 6) is 0. The lowest BCUT2D eigenvalue weighted by Crippen LogP contribution is -1.96. The standard InChI is InChI=1S/C8H10.C4H10O2/c1-7-4-3-5-8(2)6-7;1-5-3-4-6-2/h3-6H,1-2H3;3-4H2,1-2H3. The van der Waals surface area contributed by atoms with Gasteiger partial charge in [-0.05, 0) is 13.8 Å². The van der Waals surface area contributed by atoms with E-state index in [2.05, 4.69) is 47.6 Å². The quantitative estimate of drug-likeness (QED) is 0.692. The minimum Gasteiger partial charge on any atom is -0.382 e. The molecule has 0 aromatic heterocycles. The molecule has 0 fully saturated rings. The molecule has 0 atom stereocenters. The van der Waals surface area contributed by atoms with E-state index in [0.717, 1.165) is 0 Å². The van der Waals surface area contributed by atoms with Crippen molar-refractivity contribution in [2.24, 2.45) is 0 Å². The molecule has 1 rings (SSSR count). The van der Waals surface area contributed by atoms with Crippen molar-refractivity contribution in [2.75, 3.05) is 27.4 Å². The van der Waals surface area contributed by atoms with Crippen LogP contribution in [0.4, 0.5) is 0 Å². The van der Waals surface area contributed by atoms with E-state index in [0.29, 0.717) is 13.2 Å². The van der Waals surface area contributed by atoms with E-state index in [1.165, 1.54) is 11.1 Å². The van der Waals surface area contributed by atoms with Gasteiger partial charge in [-0.1, -0.05) is 35.4 Å². The van der Waals surface area contributed by atoms with Crippen LogP contribution in [0.3, 0.4) is 0 Å². The fourth-order valence-corrected chi connectivity index (χ4v) is 0.974. The molecular weight excluding hydrogens is 176 g/mol. The highest BCUT2D eigenvalue weighted by Crippen LogP contribution is 2.00. The number of methoxy groups -OCH3 is 2. The lowest BCUT2D eigenvalue weighted by molar-refractivity contribution is 0.103. The highest BCUT2D eigenvalue weighted by molar-refractivity contribution is 5.20. The van der Waals surface area contributed by atoms with E-state index in [1.54, 1.807) is 14.2 Å².